The number of ether oxygens (including phenoxy) is 2. The van der Waals surface area contributed by atoms with Crippen molar-refractivity contribution in [2.45, 2.75) is 20.0 Å². The fourth-order valence-corrected chi connectivity index (χ4v) is 3.73. The van der Waals surface area contributed by atoms with Gasteiger partial charge in [-0.15, -0.1) is 10.2 Å². The average Bonchev–Trinajstić information content (AvgIpc) is 3.15. The first-order chi connectivity index (χ1) is 14.4. The van der Waals surface area contributed by atoms with Crippen LogP contribution in [0.3, 0.4) is 0 Å². The summed E-state index contributed by atoms with van der Waals surface area (Å²) in [5.41, 5.74) is 2.82. The lowest BCUT2D eigenvalue weighted by Crippen LogP contribution is -2.22. The number of rotatable bonds is 6. The second-order valence-corrected chi connectivity index (χ2v) is 7.49. The Kier molecular flexibility index (Phi) is 5.17. The van der Waals surface area contributed by atoms with Crippen LogP contribution >= 0.6 is 0 Å². The summed E-state index contributed by atoms with van der Waals surface area (Å²) >= 11 is 0. The molecule has 0 aliphatic rings. The quantitative estimate of drug-likeness (QED) is 0.489. The molecule has 0 radical (unpaired) electrons. The van der Waals surface area contributed by atoms with E-state index in [-0.39, 0.29) is 5.56 Å². The van der Waals surface area contributed by atoms with Crippen LogP contribution in [0.4, 0.5) is 0 Å². The van der Waals surface area contributed by atoms with Crippen molar-refractivity contribution in [3.05, 3.63) is 63.7 Å². The van der Waals surface area contributed by atoms with Crippen molar-refractivity contribution in [3.63, 3.8) is 0 Å². The number of hydrogen-bond donors (Lipinski definition) is 0. The van der Waals surface area contributed by atoms with Gasteiger partial charge in [0.05, 0.1) is 31.7 Å². The molecule has 0 unspecified atom stereocenters. The van der Waals surface area contributed by atoms with E-state index in [0.717, 1.165) is 34.0 Å². The van der Waals surface area contributed by atoms with Crippen LogP contribution in [-0.2, 0) is 20.1 Å². The minimum Gasteiger partial charge on any atom is -0.497 e. The van der Waals surface area contributed by atoms with E-state index in [2.05, 4.69) is 15.1 Å². The molecule has 30 heavy (non-hydrogen) atoms. The molecule has 4 aromatic rings. The Bertz CT molecular complexity index is 1290. The Hall–Kier alpha value is -3.39. The van der Waals surface area contributed by atoms with E-state index in [1.165, 1.54) is 0 Å². The van der Waals surface area contributed by atoms with Gasteiger partial charge < -0.3 is 9.47 Å². The van der Waals surface area contributed by atoms with E-state index in [1.54, 1.807) is 25.8 Å². The highest BCUT2D eigenvalue weighted by Crippen LogP contribution is 2.26. The van der Waals surface area contributed by atoms with E-state index in [0.29, 0.717) is 24.3 Å². The van der Waals surface area contributed by atoms with Gasteiger partial charge in [-0.3, -0.25) is 18.7 Å². The number of aryl methyl sites for hydroxylation is 2. The molecular formula is C22H25N5O3. The predicted octanol–water partition coefficient (Wildman–Crippen LogP) is 2.54. The SMILES string of the molecule is COc1ccc(CN(C)Cc2nnc3n(C)c(=O)c4cc(C)ccc4n23)c(OC)c1. The maximum Gasteiger partial charge on any atom is 0.262 e. The lowest BCUT2D eigenvalue weighted by molar-refractivity contribution is 0.301. The van der Waals surface area contributed by atoms with Gasteiger partial charge in [-0.05, 0) is 32.2 Å². The Morgan fingerprint density at radius 1 is 1.03 bits per heavy atom. The largest absolute Gasteiger partial charge is 0.497 e. The summed E-state index contributed by atoms with van der Waals surface area (Å²) in [5.74, 6) is 2.83. The number of benzene rings is 2. The molecule has 0 aliphatic heterocycles. The van der Waals surface area contributed by atoms with Gasteiger partial charge in [0.25, 0.3) is 5.56 Å². The first-order valence-electron chi connectivity index (χ1n) is 9.65. The Labute approximate surface area is 174 Å². The third kappa shape index (κ3) is 3.39. The fraction of sp³-hybridized carbons (Fsp3) is 0.318. The van der Waals surface area contributed by atoms with Crippen LogP contribution in [0.25, 0.3) is 16.7 Å². The van der Waals surface area contributed by atoms with Crippen LogP contribution in [0.2, 0.25) is 0 Å². The van der Waals surface area contributed by atoms with E-state index in [9.17, 15) is 4.79 Å². The third-order valence-corrected chi connectivity index (χ3v) is 5.29. The summed E-state index contributed by atoms with van der Waals surface area (Å²) in [6.45, 7) is 3.19. The van der Waals surface area contributed by atoms with Crippen molar-refractivity contribution in [1.82, 2.24) is 24.1 Å². The normalized spacial score (nSPS) is 11.5. The zero-order chi connectivity index (χ0) is 21.4. The van der Waals surface area contributed by atoms with E-state index in [4.69, 9.17) is 9.47 Å². The summed E-state index contributed by atoms with van der Waals surface area (Å²) in [4.78, 5) is 14.9. The van der Waals surface area contributed by atoms with Gasteiger partial charge >= 0.3 is 0 Å². The fourth-order valence-electron chi connectivity index (χ4n) is 3.73. The molecule has 0 saturated carbocycles. The van der Waals surface area contributed by atoms with Gasteiger partial charge in [0.2, 0.25) is 5.78 Å². The van der Waals surface area contributed by atoms with Crippen molar-refractivity contribution in [3.8, 4) is 11.5 Å². The second kappa shape index (κ2) is 7.79. The lowest BCUT2D eigenvalue weighted by Gasteiger charge is -2.18. The molecule has 0 spiro atoms. The molecule has 0 bridgehead atoms. The highest BCUT2D eigenvalue weighted by molar-refractivity contribution is 5.81. The maximum absolute atomic E-state index is 12.7. The maximum atomic E-state index is 12.7. The number of fused-ring (bicyclic) bond motifs is 3. The molecule has 2 aromatic carbocycles. The first kappa shape index (κ1) is 19.9. The molecule has 0 atom stereocenters. The summed E-state index contributed by atoms with van der Waals surface area (Å²) in [6, 6.07) is 11.7. The first-order valence-corrected chi connectivity index (χ1v) is 9.65. The molecule has 0 saturated heterocycles. The smallest absolute Gasteiger partial charge is 0.262 e. The van der Waals surface area contributed by atoms with E-state index < -0.39 is 0 Å². The van der Waals surface area contributed by atoms with Crippen molar-refractivity contribution in [2.24, 2.45) is 7.05 Å². The minimum atomic E-state index is -0.0727. The van der Waals surface area contributed by atoms with Gasteiger partial charge in [-0.1, -0.05) is 17.7 Å². The van der Waals surface area contributed by atoms with Crippen LogP contribution in [0.5, 0.6) is 11.5 Å². The summed E-state index contributed by atoms with van der Waals surface area (Å²) in [6.07, 6.45) is 0. The van der Waals surface area contributed by atoms with Crippen LogP contribution in [0, 0.1) is 6.92 Å². The molecule has 0 amide bonds. The topological polar surface area (TPSA) is 73.9 Å². The Morgan fingerprint density at radius 2 is 1.83 bits per heavy atom. The minimum absolute atomic E-state index is 0.0727. The molecule has 8 nitrogen and oxygen atoms in total. The molecule has 0 aliphatic carbocycles. The second-order valence-electron chi connectivity index (χ2n) is 7.49. The molecule has 2 heterocycles. The van der Waals surface area contributed by atoms with Crippen LogP contribution < -0.4 is 15.0 Å². The van der Waals surface area contributed by atoms with Gasteiger partial charge in [-0.2, -0.15) is 0 Å². The molecule has 8 heteroatoms. The molecule has 4 rings (SSSR count). The van der Waals surface area contributed by atoms with Gasteiger partial charge in [0.1, 0.15) is 11.5 Å². The monoisotopic (exact) mass is 407 g/mol. The zero-order valence-corrected chi connectivity index (χ0v) is 17.8. The number of nitrogens with zero attached hydrogens (tertiary/aromatic N) is 5. The molecule has 2 aromatic heterocycles. The van der Waals surface area contributed by atoms with Gasteiger partial charge in [0.15, 0.2) is 5.82 Å². The van der Waals surface area contributed by atoms with Gasteiger partial charge in [0, 0.05) is 25.2 Å². The molecule has 0 fully saturated rings. The summed E-state index contributed by atoms with van der Waals surface area (Å²) in [5, 5.41) is 9.32. The zero-order valence-electron chi connectivity index (χ0n) is 17.8. The van der Waals surface area contributed by atoms with Gasteiger partial charge in [-0.25, -0.2) is 0 Å². The molecule has 156 valence electrons. The summed E-state index contributed by atoms with van der Waals surface area (Å²) in [7, 11) is 7.03. The van der Waals surface area contributed by atoms with Crippen molar-refractivity contribution in [1.29, 1.82) is 0 Å². The van der Waals surface area contributed by atoms with Crippen molar-refractivity contribution in [2.75, 3.05) is 21.3 Å². The van der Waals surface area contributed by atoms with Crippen LogP contribution in [-0.4, -0.2) is 45.3 Å². The molecule has 0 N–H and O–H groups in total. The summed E-state index contributed by atoms with van der Waals surface area (Å²) < 4.78 is 14.3. The highest BCUT2D eigenvalue weighted by Gasteiger charge is 2.17. The lowest BCUT2D eigenvalue weighted by atomic mass is 10.1. The highest BCUT2D eigenvalue weighted by atomic mass is 16.5. The average molecular weight is 407 g/mol. The number of aromatic nitrogens is 4. The van der Waals surface area contributed by atoms with Crippen LogP contribution in [0.1, 0.15) is 17.0 Å². The molecular weight excluding hydrogens is 382 g/mol. The van der Waals surface area contributed by atoms with Crippen LogP contribution in [0.15, 0.2) is 41.2 Å². The van der Waals surface area contributed by atoms with E-state index in [1.807, 2.05) is 54.8 Å². The Balaban J connectivity index is 1.71. The predicted molar refractivity (Wildman–Crippen MR) is 115 cm³/mol. The van der Waals surface area contributed by atoms with Crippen molar-refractivity contribution >= 4 is 16.7 Å². The van der Waals surface area contributed by atoms with Crippen molar-refractivity contribution < 1.29 is 9.47 Å². The standard InChI is InChI=1S/C22H25N5O3/c1-14-6-9-18-17(10-14)21(28)26(3)22-24-23-20(27(18)22)13-25(2)12-15-7-8-16(29-4)11-19(15)30-5/h6-11H,12-13H2,1-5H3. The Morgan fingerprint density at radius 3 is 2.57 bits per heavy atom. The third-order valence-electron chi connectivity index (χ3n) is 5.29. The number of hydrogen-bond acceptors (Lipinski definition) is 6. The number of methoxy groups -OCH3 is 2. The van der Waals surface area contributed by atoms with E-state index >= 15 is 0 Å².